The van der Waals surface area contributed by atoms with Crippen LogP contribution in [0.1, 0.15) is 109 Å². The van der Waals surface area contributed by atoms with Crippen LogP contribution in [0.15, 0.2) is 274 Å². The zero-order valence-corrected chi connectivity index (χ0v) is 64.3. The minimum atomic E-state index is -0.433. The fourth-order valence-corrected chi connectivity index (χ4v) is 12.1. The smallest absolute Gasteiger partial charge is 0.188 e. The first-order chi connectivity index (χ1) is 56.0. The number of pyridine rings is 10. The molecule has 0 unspecified atom stereocenters. The molecule has 0 bridgehead atoms. The Morgan fingerprint density at radius 2 is 0.809 bits per heavy atom. The monoisotopic (exact) mass is 1570 g/mol. The molecule has 0 aliphatic heterocycles. The number of ketones is 5. The summed E-state index contributed by atoms with van der Waals surface area (Å²) in [5.41, 5.74) is 9.65. The van der Waals surface area contributed by atoms with Crippen molar-refractivity contribution in [3.63, 3.8) is 0 Å². The van der Waals surface area contributed by atoms with Gasteiger partial charge in [0.1, 0.15) is 91.5 Å². The van der Waals surface area contributed by atoms with Crippen LogP contribution >= 0.6 is 22.7 Å². The van der Waals surface area contributed by atoms with Gasteiger partial charge >= 0.3 is 0 Å². The second kappa shape index (κ2) is 42.0. The Bertz CT molecular complexity index is 5380. The number of benzene rings is 1. The Labute approximate surface area is 668 Å². The van der Waals surface area contributed by atoms with E-state index in [1.165, 1.54) is 78.3 Å². The van der Waals surface area contributed by atoms with Crippen molar-refractivity contribution in [3.05, 3.63) is 358 Å². The van der Waals surface area contributed by atoms with Crippen LogP contribution in [0.25, 0.3) is 0 Å². The number of nitrogens with zero attached hydrogens (tertiary/aromatic N) is 17. The van der Waals surface area contributed by atoms with Crippen LogP contribution in [-0.4, -0.2) is 116 Å². The molecule has 0 atom stereocenters. The Morgan fingerprint density at radius 3 is 1.28 bits per heavy atom. The maximum Gasteiger partial charge on any atom is 0.188 e. The van der Waals surface area contributed by atoms with Crippen molar-refractivity contribution < 1.29 is 47.3 Å². The zero-order valence-electron chi connectivity index (χ0n) is 62.7. The standard InChI is InChI=1S/C19H16N2O2.C18H15N3O2.C17H16N4OS.C16H11FN4O2.C16H14N4O2S/c1-14-4-2-5-15(10-14)11-19(22)18-12-16(7-9-21-18)23-17-6-3-8-20-13-17;1-13-4-2-5-14(21-13)10-18(22)17-11-15(7-9-20-17)23-16-6-3-8-19-12-16;1-12-11-23-17(20-12)9-16(22)15-8-13(5-7-19-15)21(2)14-4-3-6-18-10-14;17-11-1-3-20-12(5-11)6-16(22)15-7-13(2-4-21-15)23-14-8-18-10-19-9-14;1-2-11-9-23-16(20-11)6-15(21)14-5-12(3-4-19-14)22-13-7-17-10-18-8-13/h2-10,12-13H,11H2,1H3;2-9,11-12H,10H2,1H3;3-8,10-11H,9H2,1-2H3;1-5,7-10H,6H2;3-5,7-10H,2,6H2,1H3. The Hall–Kier alpha value is -14.6. The predicted molar refractivity (Wildman–Crippen MR) is 429 cm³/mol. The summed E-state index contributed by atoms with van der Waals surface area (Å²) in [6, 6.07) is 43.8. The highest BCUT2D eigenvalue weighted by Gasteiger charge is 2.18. The summed E-state index contributed by atoms with van der Waals surface area (Å²) in [5.74, 6) is 3.30. The van der Waals surface area contributed by atoms with E-state index in [4.69, 9.17) is 18.9 Å². The van der Waals surface area contributed by atoms with E-state index in [0.717, 1.165) is 61.7 Å². The SMILES string of the molecule is CCc1csc(CC(=O)c2cc(Oc3cncnc3)ccn2)n1.Cc1cccc(CC(=O)c2cc(Oc3cccnc3)ccn2)c1.Cc1cccc(CC(=O)c2cc(Oc3cccnc3)ccn2)n1.Cc1csc(CC(=O)c2cc(N(C)c3cccnc3)ccn2)n1.O=C(Cc1cc(F)ccn1)c1cc(Oc2cncnc2)ccn1. The van der Waals surface area contributed by atoms with Gasteiger partial charge in [0.05, 0.1) is 86.1 Å². The number of thiazole rings is 2. The lowest BCUT2D eigenvalue weighted by atomic mass is 10.0. The third-order valence-corrected chi connectivity index (χ3v) is 17.8. The molecule has 26 nitrogen and oxygen atoms in total. The third kappa shape index (κ3) is 26.3. The van der Waals surface area contributed by atoms with E-state index in [1.54, 1.807) is 141 Å². The topological polar surface area (TPSA) is 332 Å². The largest absolute Gasteiger partial charge is 0.456 e. The maximum absolute atomic E-state index is 13.1. The summed E-state index contributed by atoms with van der Waals surface area (Å²) in [6.07, 6.45) is 30.0. The van der Waals surface area contributed by atoms with E-state index in [0.29, 0.717) is 80.9 Å². The molecule has 0 spiro atoms. The first-order valence-electron chi connectivity index (χ1n) is 35.5. The summed E-state index contributed by atoms with van der Waals surface area (Å²) in [5, 5.41) is 5.55. The van der Waals surface area contributed by atoms with E-state index in [1.807, 2.05) is 117 Å². The average molecular weight is 1570 g/mol. The van der Waals surface area contributed by atoms with Gasteiger partial charge in [-0.15, -0.1) is 22.7 Å². The molecular weight excluding hydrogens is 1500 g/mol. The molecule has 0 radical (unpaired) electrons. The first-order valence-corrected chi connectivity index (χ1v) is 37.3. The number of halogens is 1. The molecule has 15 rings (SSSR count). The summed E-state index contributed by atoms with van der Waals surface area (Å²) in [4.78, 5) is 129. The lowest BCUT2D eigenvalue weighted by Crippen LogP contribution is -2.12. The molecule has 29 heteroatoms. The summed E-state index contributed by atoms with van der Waals surface area (Å²) in [6.45, 7) is 7.87. The van der Waals surface area contributed by atoms with Gasteiger partial charge < -0.3 is 23.8 Å². The average Bonchev–Trinajstić information content (AvgIpc) is 1.68. The number of carbonyl (C=O) groups excluding carboxylic acids is 5. The Balaban J connectivity index is 0.000000142. The van der Waals surface area contributed by atoms with Crippen LogP contribution in [0, 0.1) is 26.6 Å². The molecule has 115 heavy (non-hydrogen) atoms. The number of Topliss-reactive ketones (excluding diaryl/α,β-unsaturated/α-hetero) is 5. The van der Waals surface area contributed by atoms with Gasteiger partial charge in [-0.3, -0.25) is 73.8 Å². The number of aryl methyl sites for hydroxylation is 4. The molecule has 15 aromatic rings. The van der Waals surface area contributed by atoms with Gasteiger partial charge in [0, 0.05) is 127 Å². The van der Waals surface area contributed by atoms with E-state index in [-0.39, 0.29) is 60.3 Å². The number of hydrogen-bond donors (Lipinski definition) is 0. The number of aromatic nitrogens is 16. The molecule has 0 aliphatic carbocycles. The summed E-state index contributed by atoms with van der Waals surface area (Å²) >= 11 is 3.00. The fourth-order valence-electron chi connectivity index (χ4n) is 10.4. The molecule has 14 heterocycles. The van der Waals surface area contributed by atoms with Gasteiger partial charge in [-0.05, 0) is 130 Å². The highest BCUT2D eigenvalue weighted by atomic mass is 32.1. The molecule has 574 valence electrons. The normalized spacial score (nSPS) is 10.4. The van der Waals surface area contributed by atoms with Crippen LogP contribution in [0.3, 0.4) is 0 Å². The molecule has 14 aromatic heterocycles. The molecule has 1 aromatic carbocycles. The van der Waals surface area contributed by atoms with Crippen molar-refractivity contribution in [2.75, 3.05) is 11.9 Å². The minimum Gasteiger partial charge on any atom is -0.456 e. The van der Waals surface area contributed by atoms with Crippen molar-refractivity contribution in [1.29, 1.82) is 0 Å². The molecule has 0 fully saturated rings. The van der Waals surface area contributed by atoms with Crippen molar-refractivity contribution >= 4 is 63.0 Å². The second-order valence-electron chi connectivity index (χ2n) is 24.8. The van der Waals surface area contributed by atoms with Crippen molar-refractivity contribution in [1.82, 2.24) is 79.7 Å². The number of rotatable bonds is 26. The highest BCUT2D eigenvalue weighted by Crippen LogP contribution is 2.28. The second-order valence-corrected chi connectivity index (χ2v) is 26.7. The zero-order chi connectivity index (χ0) is 80.5. The lowest BCUT2D eigenvalue weighted by Gasteiger charge is -2.19. The van der Waals surface area contributed by atoms with Crippen molar-refractivity contribution in [3.8, 4) is 46.0 Å². The van der Waals surface area contributed by atoms with Crippen LogP contribution < -0.4 is 23.8 Å². The predicted octanol–water partition coefficient (Wildman–Crippen LogP) is 16.6. The number of carbonyl (C=O) groups is 5. The quantitative estimate of drug-likeness (QED) is 0.0454. The van der Waals surface area contributed by atoms with Gasteiger partial charge in [0.25, 0.3) is 0 Å². The fraction of sp³-hybridized carbons (Fsp3) is 0.128. The van der Waals surface area contributed by atoms with Crippen LogP contribution in [-0.2, 0) is 38.5 Å². The van der Waals surface area contributed by atoms with Gasteiger partial charge in [-0.25, -0.2) is 34.3 Å². The van der Waals surface area contributed by atoms with Crippen LogP contribution in [0.4, 0.5) is 15.8 Å². The number of anilines is 2. The van der Waals surface area contributed by atoms with Crippen molar-refractivity contribution in [2.45, 2.75) is 66.2 Å². The Kier molecular flexibility index (Phi) is 29.7. The number of ether oxygens (including phenoxy) is 4. The van der Waals surface area contributed by atoms with Gasteiger partial charge in [-0.2, -0.15) is 0 Å². The molecule has 0 saturated heterocycles. The highest BCUT2D eigenvalue weighted by molar-refractivity contribution is 7.10. The van der Waals surface area contributed by atoms with E-state index in [9.17, 15) is 28.4 Å². The molecule has 0 aliphatic rings. The first kappa shape index (κ1) is 81.4. The van der Waals surface area contributed by atoms with E-state index in [2.05, 4.69) is 79.7 Å². The van der Waals surface area contributed by atoms with Gasteiger partial charge in [-0.1, -0.05) is 42.8 Å². The van der Waals surface area contributed by atoms with Crippen molar-refractivity contribution in [2.24, 2.45) is 0 Å². The minimum absolute atomic E-state index is 0.0270. The molecule has 0 amide bonds. The van der Waals surface area contributed by atoms with E-state index >= 15 is 0 Å². The maximum atomic E-state index is 13.1. The third-order valence-electron chi connectivity index (χ3n) is 15.9. The van der Waals surface area contributed by atoms with Gasteiger partial charge in [0.15, 0.2) is 40.4 Å². The molecular formula is C86H72FN17O9S2. The lowest BCUT2D eigenvalue weighted by molar-refractivity contribution is 0.0978. The van der Waals surface area contributed by atoms with Gasteiger partial charge in [0.2, 0.25) is 0 Å². The van der Waals surface area contributed by atoms with Crippen LogP contribution in [0.2, 0.25) is 0 Å². The van der Waals surface area contributed by atoms with E-state index < -0.39 is 5.82 Å². The molecule has 0 saturated carbocycles. The molecule has 0 N–H and O–H groups in total. The van der Waals surface area contributed by atoms with Crippen LogP contribution in [0.5, 0.6) is 46.0 Å². The number of hydrogen-bond acceptors (Lipinski definition) is 28. The Morgan fingerprint density at radius 1 is 0.357 bits per heavy atom. The summed E-state index contributed by atoms with van der Waals surface area (Å²) < 4.78 is 35.6. The summed E-state index contributed by atoms with van der Waals surface area (Å²) in [7, 11) is 1.94.